The van der Waals surface area contributed by atoms with E-state index in [1.165, 1.54) is 11.3 Å². The van der Waals surface area contributed by atoms with Gasteiger partial charge in [-0.25, -0.2) is 0 Å². The van der Waals surface area contributed by atoms with E-state index in [4.69, 9.17) is 17.3 Å². The fraction of sp³-hybridized carbons (Fsp3) is 0.250. The first-order valence-electron chi connectivity index (χ1n) is 6.45. The Hall–Kier alpha value is -1.67. The zero-order chi connectivity index (χ0) is 13.8. The average molecular weight is 275 g/mol. The number of hydrogen-bond donors (Lipinski definition) is 1. The van der Waals surface area contributed by atoms with Crippen LogP contribution in [0.1, 0.15) is 18.1 Å². The lowest BCUT2D eigenvalue weighted by molar-refractivity contribution is 0.832. The van der Waals surface area contributed by atoms with E-state index >= 15 is 0 Å². The van der Waals surface area contributed by atoms with Gasteiger partial charge in [-0.2, -0.15) is 0 Å². The normalized spacial score (nSPS) is 10.5. The molecule has 3 heteroatoms. The quantitative estimate of drug-likeness (QED) is 0.844. The summed E-state index contributed by atoms with van der Waals surface area (Å²) in [6, 6.07) is 14.3. The van der Waals surface area contributed by atoms with Crippen molar-refractivity contribution in [2.75, 3.05) is 17.2 Å². The van der Waals surface area contributed by atoms with Crippen LogP contribution in [0.25, 0.3) is 0 Å². The molecule has 0 fully saturated rings. The summed E-state index contributed by atoms with van der Waals surface area (Å²) in [7, 11) is 0. The summed E-state index contributed by atoms with van der Waals surface area (Å²) in [6.45, 7) is 5.99. The fourth-order valence-corrected chi connectivity index (χ4v) is 2.39. The lowest BCUT2D eigenvalue weighted by Gasteiger charge is -2.23. The standard InChI is InChI=1S/C16H19ClN2/c1-3-19(16-6-4-12(2)5-7-16)11-13-8-14(17)10-15(18)9-13/h4-10H,3,11,18H2,1-2H3. The molecule has 2 nitrogen and oxygen atoms in total. The van der Waals surface area contributed by atoms with E-state index in [0.717, 1.165) is 18.7 Å². The lowest BCUT2D eigenvalue weighted by atomic mass is 10.1. The predicted octanol–water partition coefficient (Wildman–Crippen LogP) is 4.26. The first-order valence-corrected chi connectivity index (χ1v) is 6.83. The van der Waals surface area contributed by atoms with Crippen molar-refractivity contribution < 1.29 is 0 Å². The fourth-order valence-electron chi connectivity index (χ4n) is 2.13. The number of benzene rings is 2. The second-order valence-electron chi connectivity index (χ2n) is 4.74. The topological polar surface area (TPSA) is 29.3 Å². The van der Waals surface area contributed by atoms with E-state index in [0.29, 0.717) is 10.7 Å². The van der Waals surface area contributed by atoms with Gasteiger partial charge >= 0.3 is 0 Å². The van der Waals surface area contributed by atoms with Gasteiger partial charge in [-0.3, -0.25) is 0 Å². The number of aryl methyl sites for hydroxylation is 1. The Morgan fingerprint density at radius 2 is 1.79 bits per heavy atom. The molecule has 0 unspecified atom stereocenters. The molecular formula is C16H19ClN2. The molecule has 0 spiro atoms. The molecule has 0 aliphatic rings. The van der Waals surface area contributed by atoms with Crippen LogP contribution in [0, 0.1) is 6.92 Å². The van der Waals surface area contributed by atoms with Crippen molar-refractivity contribution in [1.82, 2.24) is 0 Å². The smallest absolute Gasteiger partial charge is 0.0430 e. The zero-order valence-corrected chi connectivity index (χ0v) is 12.1. The van der Waals surface area contributed by atoms with Crippen LogP contribution in [-0.4, -0.2) is 6.54 Å². The van der Waals surface area contributed by atoms with E-state index in [-0.39, 0.29) is 0 Å². The Bertz CT molecular complexity index is 529. The molecular weight excluding hydrogens is 256 g/mol. The molecule has 19 heavy (non-hydrogen) atoms. The third-order valence-corrected chi connectivity index (χ3v) is 3.35. The maximum atomic E-state index is 6.05. The molecule has 100 valence electrons. The Morgan fingerprint density at radius 3 is 2.37 bits per heavy atom. The van der Waals surface area contributed by atoms with Gasteiger partial charge in [0.1, 0.15) is 0 Å². The monoisotopic (exact) mass is 274 g/mol. The van der Waals surface area contributed by atoms with Gasteiger partial charge in [-0.15, -0.1) is 0 Å². The van der Waals surface area contributed by atoms with E-state index in [1.54, 1.807) is 6.07 Å². The van der Waals surface area contributed by atoms with Gasteiger partial charge in [0.05, 0.1) is 0 Å². The first kappa shape index (κ1) is 13.8. The molecule has 2 N–H and O–H groups in total. The number of anilines is 2. The number of nitrogens with two attached hydrogens (primary N) is 1. The molecule has 2 rings (SSSR count). The van der Waals surface area contributed by atoms with Gasteiger partial charge in [-0.05, 0) is 49.7 Å². The van der Waals surface area contributed by atoms with Crippen LogP contribution in [0.5, 0.6) is 0 Å². The predicted molar refractivity (Wildman–Crippen MR) is 83.8 cm³/mol. The van der Waals surface area contributed by atoms with Crippen molar-refractivity contribution in [2.24, 2.45) is 0 Å². The summed E-state index contributed by atoms with van der Waals surface area (Å²) in [5.41, 5.74) is 10.2. The zero-order valence-electron chi connectivity index (χ0n) is 11.4. The molecule has 0 aliphatic heterocycles. The summed E-state index contributed by atoms with van der Waals surface area (Å²) >= 11 is 6.05. The Labute approximate surface area is 119 Å². The van der Waals surface area contributed by atoms with Crippen molar-refractivity contribution >= 4 is 23.0 Å². The Balaban J connectivity index is 2.21. The SMILES string of the molecule is CCN(Cc1cc(N)cc(Cl)c1)c1ccc(C)cc1. The molecule has 0 atom stereocenters. The Morgan fingerprint density at radius 1 is 1.11 bits per heavy atom. The minimum atomic E-state index is 0.690. The molecule has 2 aromatic carbocycles. The first-order chi connectivity index (χ1) is 9.08. The van der Waals surface area contributed by atoms with Crippen molar-refractivity contribution in [3.8, 4) is 0 Å². The summed E-state index contributed by atoms with van der Waals surface area (Å²) < 4.78 is 0. The maximum absolute atomic E-state index is 6.05. The second-order valence-corrected chi connectivity index (χ2v) is 5.18. The van der Waals surface area contributed by atoms with Crippen LogP contribution in [0.3, 0.4) is 0 Å². The van der Waals surface area contributed by atoms with Crippen molar-refractivity contribution in [3.63, 3.8) is 0 Å². The largest absolute Gasteiger partial charge is 0.399 e. The molecule has 0 bridgehead atoms. The molecule has 0 aliphatic carbocycles. The number of nitrogen functional groups attached to an aromatic ring is 1. The van der Waals surface area contributed by atoms with Crippen LogP contribution in [0.15, 0.2) is 42.5 Å². The van der Waals surface area contributed by atoms with Gasteiger partial charge in [0.2, 0.25) is 0 Å². The Kier molecular flexibility index (Phi) is 4.33. The average Bonchev–Trinajstić information content (AvgIpc) is 2.36. The van der Waals surface area contributed by atoms with E-state index in [2.05, 4.69) is 43.0 Å². The molecule has 0 heterocycles. The second kappa shape index (κ2) is 5.98. The van der Waals surface area contributed by atoms with E-state index in [1.807, 2.05) is 12.1 Å². The number of hydrogen-bond acceptors (Lipinski definition) is 2. The van der Waals surface area contributed by atoms with Crippen LogP contribution in [-0.2, 0) is 6.54 Å². The van der Waals surface area contributed by atoms with Crippen LogP contribution >= 0.6 is 11.6 Å². The van der Waals surface area contributed by atoms with Crippen molar-refractivity contribution in [1.29, 1.82) is 0 Å². The maximum Gasteiger partial charge on any atom is 0.0430 e. The molecule has 0 amide bonds. The number of halogens is 1. The summed E-state index contributed by atoms with van der Waals surface area (Å²) in [4.78, 5) is 2.30. The van der Waals surface area contributed by atoms with E-state index in [9.17, 15) is 0 Å². The number of nitrogens with zero attached hydrogens (tertiary/aromatic N) is 1. The van der Waals surface area contributed by atoms with Crippen molar-refractivity contribution in [2.45, 2.75) is 20.4 Å². The van der Waals surface area contributed by atoms with Gasteiger partial charge in [0, 0.05) is 29.5 Å². The van der Waals surface area contributed by atoms with Crippen LogP contribution in [0.4, 0.5) is 11.4 Å². The number of rotatable bonds is 4. The highest BCUT2D eigenvalue weighted by atomic mass is 35.5. The van der Waals surface area contributed by atoms with Gasteiger partial charge in [-0.1, -0.05) is 29.3 Å². The lowest BCUT2D eigenvalue weighted by Crippen LogP contribution is -2.21. The molecule has 2 aromatic rings. The highest BCUT2D eigenvalue weighted by Crippen LogP contribution is 2.21. The minimum absolute atomic E-state index is 0.690. The molecule has 0 saturated carbocycles. The van der Waals surface area contributed by atoms with Crippen molar-refractivity contribution in [3.05, 3.63) is 58.6 Å². The van der Waals surface area contributed by atoms with Gasteiger partial charge < -0.3 is 10.6 Å². The molecule has 0 aromatic heterocycles. The van der Waals surface area contributed by atoms with E-state index < -0.39 is 0 Å². The molecule has 0 saturated heterocycles. The minimum Gasteiger partial charge on any atom is -0.399 e. The summed E-state index contributed by atoms with van der Waals surface area (Å²) in [5.74, 6) is 0. The highest BCUT2D eigenvalue weighted by molar-refractivity contribution is 6.30. The molecule has 0 radical (unpaired) electrons. The third kappa shape index (κ3) is 3.65. The van der Waals surface area contributed by atoms with Crippen LogP contribution < -0.4 is 10.6 Å². The summed E-state index contributed by atoms with van der Waals surface area (Å²) in [6.07, 6.45) is 0. The third-order valence-electron chi connectivity index (χ3n) is 3.13. The van der Waals surface area contributed by atoms with Gasteiger partial charge in [0.15, 0.2) is 0 Å². The summed E-state index contributed by atoms with van der Waals surface area (Å²) in [5, 5.41) is 0.690. The van der Waals surface area contributed by atoms with Crippen LogP contribution in [0.2, 0.25) is 5.02 Å². The highest BCUT2D eigenvalue weighted by Gasteiger charge is 2.06. The van der Waals surface area contributed by atoms with Gasteiger partial charge in [0.25, 0.3) is 0 Å².